The summed E-state index contributed by atoms with van der Waals surface area (Å²) < 4.78 is 15.7. The van der Waals surface area contributed by atoms with Gasteiger partial charge in [-0.3, -0.25) is 0 Å². The summed E-state index contributed by atoms with van der Waals surface area (Å²) in [6.45, 7) is 0. The Labute approximate surface area is 181 Å². The van der Waals surface area contributed by atoms with Crippen molar-refractivity contribution < 1.29 is 0 Å². The van der Waals surface area contributed by atoms with Gasteiger partial charge < -0.3 is 0 Å². The van der Waals surface area contributed by atoms with Gasteiger partial charge in [-0.25, -0.2) is 0 Å². The molecule has 9 rings (SSSR count). The molecule has 0 atom stereocenters. The molecule has 9 aromatic rings. The quantitative estimate of drug-likeness (QED) is 0.205. The predicted molar refractivity (Wildman–Crippen MR) is 116 cm³/mol. The molecule has 0 radical (unpaired) electrons. The van der Waals surface area contributed by atoms with Crippen LogP contribution in [0.4, 0.5) is 0 Å². The summed E-state index contributed by atoms with van der Waals surface area (Å²) in [6.07, 6.45) is 0. The first-order valence-corrected chi connectivity index (χ1v) is 21.0. The molecule has 0 aliphatic rings. The molecule has 0 unspecified atom stereocenters. The molecule has 0 aliphatic carbocycles. The fourth-order valence-corrected chi connectivity index (χ4v) is 47.4. The molecule has 0 fully saturated rings. The Morgan fingerprint density at radius 2 is 0.333 bits per heavy atom. The van der Waals surface area contributed by atoms with Crippen LogP contribution in [0.15, 0.2) is 0 Å². The Morgan fingerprint density at radius 1 is 0.208 bits per heavy atom. The van der Waals surface area contributed by atoms with Crippen molar-refractivity contribution in [3.05, 3.63) is 0 Å². The third-order valence-corrected chi connectivity index (χ3v) is 32.7. The monoisotopic (exact) mass is 831 g/mol. The maximum atomic E-state index is 1.97. The Morgan fingerprint density at radius 3 is 0.458 bits per heavy atom. The topological polar surface area (TPSA) is 0 Å². The van der Waals surface area contributed by atoms with Crippen LogP contribution in [-0.2, 0) is 0 Å². The summed E-state index contributed by atoms with van der Waals surface area (Å²) in [7, 11) is 0. The summed E-state index contributed by atoms with van der Waals surface area (Å²) in [6, 6.07) is 0. The van der Waals surface area contributed by atoms with Crippen LogP contribution in [0.25, 0.3) is 68.2 Å². The van der Waals surface area contributed by atoms with Crippen molar-refractivity contribution in [2.24, 2.45) is 0 Å². The summed E-state index contributed by atoms with van der Waals surface area (Å²) >= 11 is 5.99. The first-order chi connectivity index (χ1) is 11.9. The summed E-state index contributed by atoms with van der Waals surface area (Å²) in [5.41, 5.74) is 0. The zero-order valence-electron chi connectivity index (χ0n) is 11.3. The summed E-state index contributed by atoms with van der Waals surface area (Å²) in [5.74, 6) is 0. The average Bonchev–Trinajstić information content (AvgIpc) is 3.25. The van der Waals surface area contributed by atoms with Crippen LogP contribution in [-0.4, -0.2) is 116 Å². The van der Waals surface area contributed by atoms with E-state index < -0.39 is 0 Å². The van der Waals surface area contributed by atoms with E-state index in [2.05, 4.69) is 0 Å². The average molecular weight is 824 g/mol. The normalized spacial score (nSPS) is 14.7. The minimum atomic E-state index is 0.748. The van der Waals surface area contributed by atoms with Crippen molar-refractivity contribution >= 4 is 184 Å². The van der Waals surface area contributed by atoms with Crippen LogP contribution in [0.2, 0.25) is 0 Å². The van der Waals surface area contributed by atoms with Gasteiger partial charge in [0.05, 0.1) is 0 Å². The first-order valence-electron chi connectivity index (χ1n) is 7.27. The second kappa shape index (κ2) is 4.31. The molecule has 0 N–H and O–H groups in total. The Hall–Kier alpha value is 2.08. The molecule has 8 heteroatoms. The van der Waals surface area contributed by atoms with E-state index in [-0.39, 0.29) is 0 Å². The van der Waals surface area contributed by atoms with Crippen molar-refractivity contribution in [3.8, 4) is 0 Å². The van der Waals surface area contributed by atoms with Crippen molar-refractivity contribution in [2.45, 2.75) is 0 Å². The van der Waals surface area contributed by atoms with Gasteiger partial charge in [0.2, 0.25) is 0 Å². The van der Waals surface area contributed by atoms with Gasteiger partial charge in [-0.1, -0.05) is 0 Å². The second-order valence-corrected chi connectivity index (χ2v) is 33.7. The van der Waals surface area contributed by atoms with Crippen LogP contribution in [0, 0.1) is 0 Å². The summed E-state index contributed by atoms with van der Waals surface area (Å²) in [5, 5.41) is 14.9. The van der Waals surface area contributed by atoms with Crippen LogP contribution in [0.1, 0.15) is 0 Å². The summed E-state index contributed by atoms with van der Waals surface area (Å²) in [4.78, 5) is 0. The Bertz CT molecular complexity index is 1360. The predicted octanol–water partition coefficient (Wildman–Crippen LogP) is 1.68. The van der Waals surface area contributed by atoms with Crippen LogP contribution in [0.5, 0.6) is 0 Å². The molecule has 0 nitrogen and oxygen atoms in total. The van der Waals surface area contributed by atoms with E-state index in [9.17, 15) is 0 Å². The van der Waals surface area contributed by atoms with E-state index in [1.165, 1.54) is 0 Å². The van der Waals surface area contributed by atoms with E-state index in [1.54, 1.807) is 0 Å². The third kappa shape index (κ3) is 1.33. The molecule has 112 valence electrons. The fourth-order valence-electron chi connectivity index (χ4n) is 4.29. The van der Waals surface area contributed by atoms with Crippen molar-refractivity contribution in [1.82, 2.24) is 0 Å². The van der Waals surface area contributed by atoms with Crippen molar-refractivity contribution in [3.63, 3.8) is 0 Å². The van der Waals surface area contributed by atoms with Gasteiger partial charge in [-0.2, -0.15) is 0 Å². The van der Waals surface area contributed by atoms with Gasteiger partial charge in [0, 0.05) is 0 Å². The van der Waals surface area contributed by atoms with Crippen molar-refractivity contribution in [1.29, 1.82) is 0 Å². The van der Waals surface area contributed by atoms with Gasteiger partial charge in [-0.05, 0) is 0 Å². The van der Waals surface area contributed by atoms with Gasteiger partial charge >= 0.3 is 184 Å². The molecule has 0 saturated heterocycles. The van der Waals surface area contributed by atoms with E-state index in [0.29, 0.717) is 0 Å². The van der Waals surface area contributed by atoms with E-state index >= 15 is 0 Å². The molecule has 0 aliphatic heterocycles. The van der Waals surface area contributed by atoms with Gasteiger partial charge in [-0.15, -0.1) is 0 Å². The Balaban J connectivity index is 1.98. The molecule has 0 spiro atoms. The molecule has 8 heterocycles. The zero-order chi connectivity index (χ0) is 14.9. The van der Waals surface area contributed by atoms with Crippen LogP contribution >= 0.6 is 0 Å². The molecule has 0 amide bonds. The molecular formula is C16Se8. The van der Waals surface area contributed by atoms with E-state index in [4.69, 9.17) is 0 Å². The zero-order valence-corrected chi connectivity index (χ0v) is 25.0. The molecule has 0 bridgehead atoms. The van der Waals surface area contributed by atoms with E-state index in [1.807, 2.05) is 68.2 Å². The number of rotatable bonds is 0. The third-order valence-electron chi connectivity index (χ3n) is 5.12. The molecule has 8 aromatic heterocycles. The molecule has 0 saturated carbocycles. The Kier molecular flexibility index (Phi) is 2.54. The van der Waals surface area contributed by atoms with Gasteiger partial charge in [0.1, 0.15) is 0 Å². The molecule has 1 aromatic carbocycles. The SMILES string of the molecule is [se]1c2[se]c3[se]c4[se]c5[se]c6[se]c7[se]c8[se]c1c1c2c3c4c5c6c7c81. The van der Waals surface area contributed by atoms with Gasteiger partial charge in [0.25, 0.3) is 0 Å². The van der Waals surface area contributed by atoms with Gasteiger partial charge in [0.15, 0.2) is 0 Å². The van der Waals surface area contributed by atoms with Crippen molar-refractivity contribution in [2.75, 3.05) is 0 Å². The second-order valence-electron chi connectivity index (χ2n) is 6.12. The number of hydrogen-bond acceptors (Lipinski definition) is 0. The number of hydrogen-bond donors (Lipinski definition) is 0. The molecular weight excluding hydrogens is 824 g/mol. The fraction of sp³-hybridized carbons (Fsp3) is 0. The minimum absolute atomic E-state index is 0.748. The standard InChI is InChI=1S/C16Se8/c17-9-1-2-4-6-8-7-5-3(1)11(18-9)20-13(5)22-15(7)24-16(8)23-14(6)21-12(4)19-10(2)17. The molecule has 24 heavy (non-hydrogen) atoms. The first kappa shape index (κ1) is 14.1. The van der Waals surface area contributed by atoms with Crippen LogP contribution < -0.4 is 0 Å². The van der Waals surface area contributed by atoms with E-state index in [0.717, 1.165) is 116 Å². The maximum absolute atomic E-state index is 1.97. The van der Waals surface area contributed by atoms with Crippen LogP contribution in [0.3, 0.4) is 0 Å².